The van der Waals surface area contributed by atoms with Crippen LogP contribution in [0.4, 0.5) is 0 Å². The van der Waals surface area contributed by atoms with E-state index in [4.69, 9.17) is 0 Å². The highest BCUT2D eigenvalue weighted by Gasteiger charge is 2.23. The molecule has 1 unspecified atom stereocenters. The lowest BCUT2D eigenvalue weighted by atomic mass is 10.0. The van der Waals surface area contributed by atoms with Gasteiger partial charge in [-0.1, -0.05) is 37.3 Å². The van der Waals surface area contributed by atoms with Gasteiger partial charge in [-0.25, -0.2) is 0 Å². The summed E-state index contributed by atoms with van der Waals surface area (Å²) in [5.74, 6) is 2.34. The third-order valence-electron chi connectivity index (χ3n) is 3.65. The van der Waals surface area contributed by atoms with Gasteiger partial charge in [-0.2, -0.15) is 0 Å². The van der Waals surface area contributed by atoms with E-state index in [0.29, 0.717) is 11.8 Å². The summed E-state index contributed by atoms with van der Waals surface area (Å²) in [5, 5.41) is 11.9. The van der Waals surface area contributed by atoms with Crippen LogP contribution in [0, 0.1) is 5.92 Å². The van der Waals surface area contributed by atoms with E-state index in [2.05, 4.69) is 59.9 Å². The first kappa shape index (κ1) is 14.6. The smallest absolute Gasteiger partial charge is 0.0964 e. The minimum Gasteiger partial charge on any atom is -0.311 e. The Balaban J connectivity index is 1.58. The van der Waals surface area contributed by atoms with Gasteiger partial charge in [0.05, 0.1) is 12.2 Å². The van der Waals surface area contributed by atoms with Gasteiger partial charge in [0.25, 0.3) is 0 Å². The molecule has 1 atom stereocenters. The molecule has 21 heavy (non-hydrogen) atoms. The van der Waals surface area contributed by atoms with Gasteiger partial charge in [-0.05, 0) is 24.1 Å². The Morgan fingerprint density at radius 3 is 3.10 bits per heavy atom. The third-order valence-corrected chi connectivity index (χ3v) is 4.90. The SMILES string of the molecule is CC(C)CNCc1cn(CC2CSc3ccccc32)nn1. The van der Waals surface area contributed by atoms with Gasteiger partial charge < -0.3 is 5.32 Å². The number of thioether (sulfide) groups is 1. The summed E-state index contributed by atoms with van der Waals surface area (Å²) in [6, 6.07) is 8.69. The fourth-order valence-electron chi connectivity index (χ4n) is 2.60. The topological polar surface area (TPSA) is 42.7 Å². The van der Waals surface area contributed by atoms with Crippen molar-refractivity contribution in [2.75, 3.05) is 12.3 Å². The van der Waals surface area contributed by atoms with Crippen molar-refractivity contribution < 1.29 is 0 Å². The van der Waals surface area contributed by atoms with Crippen molar-refractivity contribution in [2.24, 2.45) is 5.92 Å². The Morgan fingerprint density at radius 2 is 2.24 bits per heavy atom. The Bertz CT molecular complexity index is 593. The average Bonchev–Trinajstić information content (AvgIpc) is 3.07. The van der Waals surface area contributed by atoms with Crippen LogP contribution in [0.2, 0.25) is 0 Å². The summed E-state index contributed by atoms with van der Waals surface area (Å²) in [6.45, 7) is 7.15. The molecule has 2 aromatic rings. The molecule has 0 amide bonds. The Morgan fingerprint density at radius 1 is 1.38 bits per heavy atom. The maximum atomic E-state index is 4.27. The molecular formula is C16H22N4S. The second kappa shape index (κ2) is 6.62. The van der Waals surface area contributed by atoms with Crippen LogP contribution in [0.3, 0.4) is 0 Å². The first-order valence-corrected chi connectivity index (χ1v) is 8.52. The van der Waals surface area contributed by atoms with Crippen molar-refractivity contribution in [3.05, 3.63) is 41.7 Å². The zero-order chi connectivity index (χ0) is 14.7. The molecule has 0 saturated carbocycles. The van der Waals surface area contributed by atoms with Crippen molar-refractivity contribution in [1.82, 2.24) is 20.3 Å². The van der Waals surface area contributed by atoms with Gasteiger partial charge in [-0.15, -0.1) is 16.9 Å². The van der Waals surface area contributed by atoms with Gasteiger partial charge in [0, 0.05) is 29.3 Å². The fraction of sp³-hybridized carbons (Fsp3) is 0.500. The van der Waals surface area contributed by atoms with E-state index < -0.39 is 0 Å². The second-order valence-corrected chi connectivity index (χ2v) is 7.06. The van der Waals surface area contributed by atoms with E-state index in [-0.39, 0.29) is 0 Å². The molecule has 3 rings (SSSR count). The molecule has 1 aliphatic heterocycles. The fourth-order valence-corrected chi connectivity index (χ4v) is 3.85. The van der Waals surface area contributed by atoms with Gasteiger partial charge >= 0.3 is 0 Å². The zero-order valence-corrected chi connectivity index (χ0v) is 13.4. The number of hydrogen-bond donors (Lipinski definition) is 1. The molecule has 0 aliphatic carbocycles. The summed E-state index contributed by atoms with van der Waals surface area (Å²) >= 11 is 1.95. The van der Waals surface area contributed by atoms with Crippen molar-refractivity contribution >= 4 is 11.8 Å². The molecule has 0 radical (unpaired) electrons. The minimum atomic E-state index is 0.546. The van der Waals surface area contributed by atoms with Crippen molar-refractivity contribution in [1.29, 1.82) is 0 Å². The highest BCUT2D eigenvalue weighted by molar-refractivity contribution is 7.99. The van der Waals surface area contributed by atoms with Crippen LogP contribution in [-0.4, -0.2) is 27.3 Å². The molecule has 4 nitrogen and oxygen atoms in total. The number of hydrogen-bond acceptors (Lipinski definition) is 4. The van der Waals surface area contributed by atoms with Gasteiger partial charge in [0.15, 0.2) is 0 Å². The quantitative estimate of drug-likeness (QED) is 0.891. The molecule has 0 fully saturated rings. The third kappa shape index (κ3) is 3.66. The minimum absolute atomic E-state index is 0.546. The standard InChI is InChI=1S/C16H22N4S/c1-12(2)7-17-8-14-10-20(19-18-14)9-13-11-21-16-6-4-3-5-15(13)16/h3-6,10,12-13,17H,7-9,11H2,1-2H3. The van der Waals surface area contributed by atoms with E-state index >= 15 is 0 Å². The molecule has 0 saturated heterocycles. The van der Waals surface area contributed by atoms with Gasteiger partial charge in [0.2, 0.25) is 0 Å². The van der Waals surface area contributed by atoms with E-state index in [9.17, 15) is 0 Å². The van der Waals surface area contributed by atoms with Crippen LogP contribution in [0.15, 0.2) is 35.4 Å². The van der Waals surface area contributed by atoms with E-state index in [0.717, 1.165) is 31.1 Å². The molecule has 2 heterocycles. The van der Waals surface area contributed by atoms with E-state index in [1.165, 1.54) is 10.5 Å². The van der Waals surface area contributed by atoms with Crippen LogP contribution in [0.1, 0.15) is 31.0 Å². The molecule has 1 aromatic heterocycles. The largest absolute Gasteiger partial charge is 0.311 e. The predicted molar refractivity (Wildman–Crippen MR) is 86.5 cm³/mol. The number of nitrogens with zero attached hydrogens (tertiary/aromatic N) is 3. The predicted octanol–water partition coefficient (Wildman–Crippen LogP) is 2.91. The highest BCUT2D eigenvalue weighted by Crippen LogP contribution is 2.39. The average molecular weight is 302 g/mol. The molecule has 1 aromatic carbocycles. The van der Waals surface area contributed by atoms with Gasteiger partial charge in [0.1, 0.15) is 0 Å². The summed E-state index contributed by atoms with van der Waals surface area (Å²) in [6.07, 6.45) is 2.07. The zero-order valence-electron chi connectivity index (χ0n) is 12.6. The lowest BCUT2D eigenvalue weighted by molar-refractivity contribution is 0.532. The Labute approximate surface area is 130 Å². The number of fused-ring (bicyclic) bond motifs is 1. The lowest BCUT2D eigenvalue weighted by Gasteiger charge is -2.09. The van der Waals surface area contributed by atoms with Crippen molar-refractivity contribution in [3.63, 3.8) is 0 Å². The summed E-state index contributed by atoms with van der Waals surface area (Å²) in [7, 11) is 0. The maximum Gasteiger partial charge on any atom is 0.0964 e. The van der Waals surface area contributed by atoms with Crippen molar-refractivity contribution in [2.45, 2.75) is 37.8 Å². The normalized spacial score (nSPS) is 17.4. The van der Waals surface area contributed by atoms with Crippen LogP contribution < -0.4 is 5.32 Å². The summed E-state index contributed by atoms with van der Waals surface area (Å²) in [5.41, 5.74) is 2.48. The second-order valence-electron chi connectivity index (χ2n) is 6.00. The van der Waals surface area contributed by atoms with E-state index in [1.54, 1.807) is 0 Å². The number of nitrogens with one attached hydrogen (secondary N) is 1. The number of rotatable bonds is 6. The molecule has 1 N–H and O–H groups in total. The molecular weight excluding hydrogens is 280 g/mol. The van der Waals surface area contributed by atoms with Crippen molar-refractivity contribution in [3.8, 4) is 0 Å². The molecule has 1 aliphatic rings. The number of benzene rings is 1. The molecule has 0 spiro atoms. The van der Waals surface area contributed by atoms with Crippen LogP contribution in [0.25, 0.3) is 0 Å². The highest BCUT2D eigenvalue weighted by atomic mass is 32.2. The molecule has 0 bridgehead atoms. The maximum absolute atomic E-state index is 4.27. The van der Waals surface area contributed by atoms with Crippen LogP contribution in [0.5, 0.6) is 0 Å². The monoisotopic (exact) mass is 302 g/mol. The first-order valence-electron chi connectivity index (χ1n) is 7.54. The first-order chi connectivity index (χ1) is 10.2. The summed E-state index contributed by atoms with van der Waals surface area (Å²) in [4.78, 5) is 1.42. The van der Waals surface area contributed by atoms with Gasteiger partial charge in [-0.3, -0.25) is 4.68 Å². The van der Waals surface area contributed by atoms with Crippen LogP contribution >= 0.6 is 11.8 Å². The Hall–Kier alpha value is -1.33. The number of aromatic nitrogens is 3. The Kier molecular flexibility index (Phi) is 4.60. The molecule has 112 valence electrons. The summed E-state index contributed by atoms with van der Waals surface area (Å²) < 4.78 is 1.99. The van der Waals surface area contributed by atoms with E-state index in [1.807, 2.05) is 16.4 Å². The van der Waals surface area contributed by atoms with Crippen LogP contribution in [-0.2, 0) is 13.1 Å². The lowest BCUT2D eigenvalue weighted by Crippen LogP contribution is -2.19. The molecule has 5 heteroatoms.